The minimum absolute atomic E-state index is 0.249. The van der Waals surface area contributed by atoms with Gasteiger partial charge >= 0.3 is 7.48 Å². The van der Waals surface area contributed by atoms with Crippen molar-refractivity contribution < 1.29 is 19.2 Å². The average Bonchev–Trinajstić information content (AvgIpc) is 2.96. The molecule has 4 nitrogen and oxygen atoms in total. The van der Waals surface area contributed by atoms with Gasteiger partial charge in [-0.05, 0) is 43.9 Å². The molecule has 0 aromatic carbocycles. The molecule has 105 valence electrons. The van der Waals surface area contributed by atoms with Gasteiger partial charge in [0.15, 0.2) is 6.29 Å². The molecule has 0 atom stereocenters. The summed E-state index contributed by atoms with van der Waals surface area (Å²) in [7, 11) is 1.68. The van der Waals surface area contributed by atoms with E-state index in [-0.39, 0.29) is 6.29 Å². The Bertz CT molecular complexity index is 419. The maximum absolute atomic E-state index is 10.0. The standard InChI is InChI=1S/C13H20BO4S/c1-12(2,15)13(3,4)18-14-10-7-9(8-19-10)11-16-5-6-17-11/h7-8,11,15H,5-6H2,1-4H3. The second kappa shape index (κ2) is 5.54. The lowest BCUT2D eigenvalue weighted by Gasteiger charge is -2.37. The molecule has 1 saturated heterocycles. The first-order valence-corrected chi connectivity index (χ1v) is 7.23. The van der Waals surface area contributed by atoms with Crippen LogP contribution >= 0.6 is 11.3 Å². The molecule has 2 heterocycles. The molecule has 0 unspecified atom stereocenters. The van der Waals surface area contributed by atoms with Crippen LogP contribution in [0.15, 0.2) is 11.4 Å². The van der Waals surface area contributed by atoms with Crippen molar-refractivity contribution in [3.63, 3.8) is 0 Å². The van der Waals surface area contributed by atoms with Gasteiger partial charge in [-0.25, -0.2) is 0 Å². The summed E-state index contributed by atoms with van der Waals surface area (Å²) in [6.45, 7) is 8.48. The van der Waals surface area contributed by atoms with Gasteiger partial charge in [-0.2, -0.15) is 11.3 Å². The number of rotatable bonds is 5. The van der Waals surface area contributed by atoms with Gasteiger partial charge < -0.3 is 19.2 Å². The molecular weight excluding hydrogens is 263 g/mol. The SMILES string of the molecule is CC(C)(O)C(C)(C)O[B]c1cc(C2OCCO2)cs1. The predicted octanol–water partition coefficient (Wildman–Crippen LogP) is 1.60. The molecule has 0 amide bonds. The Kier molecular flexibility index (Phi) is 4.37. The van der Waals surface area contributed by atoms with E-state index in [1.807, 2.05) is 25.3 Å². The Morgan fingerprint density at radius 1 is 1.32 bits per heavy atom. The van der Waals surface area contributed by atoms with E-state index in [9.17, 15) is 5.11 Å². The normalized spacial score (nSPS) is 17.9. The van der Waals surface area contributed by atoms with E-state index in [1.54, 1.807) is 32.7 Å². The second-order valence-electron chi connectivity index (χ2n) is 5.66. The zero-order valence-corrected chi connectivity index (χ0v) is 12.6. The fourth-order valence-electron chi connectivity index (χ4n) is 1.45. The van der Waals surface area contributed by atoms with Crippen LogP contribution in [0.3, 0.4) is 0 Å². The largest absolute Gasteiger partial charge is 0.426 e. The summed E-state index contributed by atoms with van der Waals surface area (Å²) in [4.78, 5) is 0. The van der Waals surface area contributed by atoms with Gasteiger partial charge in [-0.3, -0.25) is 0 Å². The van der Waals surface area contributed by atoms with Crippen molar-refractivity contribution in [3.8, 4) is 0 Å². The van der Waals surface area contributed by atoms with Crippen LogP contribution in [0, 0.1) is 0 Å². The summed E-state index contributed by atoms with van der Waals surface area (Å²) in [5.41, 5.74) is -0.558. The fourth-order valence-corrected chi connectivity index (χ4v) is 2.21. The summed E-state index contributed by atoms with van der Waals surface area (Å²) in [6.07, 6.45) is -0.249. The van der Waals surface area contributed by atoms with Gasteiger partial charge in [0.25, 0.3) is 0 Å². The van der Waals surface area contributed by atoms with Crippen LogP contribution in [0.1, 0.15) is 39.5 Å². The Balaban J connectivity index is 1.93. The summed E-state index contributed by atoms with van der Waals surface area (Å²) >= 11 is 1.57. The molecule has 1 aliphatic rings. The first-order chi connectivity index (χ1) is 8.79. The molecule has 0 saturated carbocycles. The van der Waals surface area contributed by atoms with Crippen LogP contribution in [0.4, 0.5) is 0 Å². The molecule has 1 N–H and O–H groups in total. The number of aliphatic hydroxyl groups is 1. The van der Waals surface area contributed by atoms with E-state index in [4.69, 9.17) is 14.1 Å². The van der Waals surface area contributed by atoms with Crippen LogP contribution in [0.2, 0.25) is 0 Å². The first-order valence-electron chi connectivity index (χ1n) is 6.35. The molecule has 2 rings (SSSR count). The zero-order chi connectivity index (χ0) is 14.1. The van der Waals surface area contributed by atoms with Crippen molar-refractivity contribution in [2.24, 2.45) is 0 Å². The predicted molar refractivity (Wildman–Crippen MR) is 75.8 cm³/mol. The topological polar surface area (TPSA) is 47.9 Å². The van der Waals surface area contributed by atoms with Crippen LogP contribution in [0.5, 0.6) is 0 Å². The van der Waals surface area contributed by atoms with E-state index < -0.39 is 11.2 Å². The average molecular weight is 283 g/mol. The number of hydrogen-bond donors (Lipinski definition) is 1. The molecule has 0 spiro atoms. The first kappa shape index (κ1) is 15.0. The molecule has 1 aromatic heterocycles. The van der Waals surface area contributed by atoms with Gasteiger partial charge in [0.05, 0.1) is 24.4 Å². The third-order valence-electron chi connectivity index (χ3n) is 3.48. The van der Waals surface area contributed by atoms with Crippen molar-refractivity contribution >= 4 is 23.6 Å². The number of ether oxygens (including phenoxy) is 2. The highest BCUT2D eigenvalue weighted by Crippen LogP contribution is 2.26. The van der Waals surface area contributed by atoms with Crippen molar-refractivity contribution in [1.82, 2.24) is 0 Å². The third-order valence-corrected chi connectivity index (χ3v) is 4.35. The van der Waals surface area contributed by atoms with E-state index in [0.29, 0.717) is 13.2 Å². The van der Waals surface area contributed by atoms with Crippen molar-refractivity contribution in [1.29, 1.82) is 0 Å². The zero-order valence-electron chi connectivity index (χ0n) is 11.8. The van der Waals surface area contributed by atoms with Gasteiger partial charge in [0, 0.05) is 5.56 Å². The van der Waals surface area contributed by atoms with E-state index >= 15 is 0 Å². The second-order valence-corrected chi connectivity index (χ2v) is 6.60. The van der Waals surface area contributed by atoms with E-state index in [2.05, 4.69) is 0 Å². The van der Waals surface area contributed by atoms with Crippen molar-refractivity contribution in [2.75, 3.05) is 13.2 Å². The molecule has 6 heteroatoms. The molecular formula is C13H20BO4S. The molecule has 1 aliphatic heterocycles. The molecule has 1 fully saturated rings. The molecule has 1 radical (unpaired) electrons. The monoisotopic (exact) mass is 283 g/mol. The Labute approximate surface area is 119 Å². The minimum atomic E-state index is -0.915. The lowest BCUT2D eigenvalue weighted by atomic mass is 9.86. The summed E-state index contributed by atoms with van der Waals surface area (Å²) in [5, 5.41) is 12.0. The molecule has 1 aromatic rings. The lowest BCUT2D eigenvalue weighted by molar-refractivity contribution is -0.0892. The molecule has 0 aliphatic carbocycles. The van der Waals surface area contributed by atoms with Gasteiger partial charge in [0.1, 0.15) is 0 Å². The van der Waals surface area contributed by atoms with Crippen molar-refractivity contribution in [3.05, 3.63) is 17.0 Å². The van der Waals surface area contributed by atoms with E-state index in [1.165, 1.54) is 0 Å². The van der Waals surface area contributed by atoms with Crippen LogP contribution in [0.25, 0.3) is 0 Å². The lowest BCUT2D eigenvalue weighted by Crippen LogP contribution is -2.49. The van der Waals surface area contributed by atoms with Gasteiger partial charge in [-0.15, -0.1) is 0 Å². The number of thiophene rings is 1. The smallest absolute Gasteiger partial charge is 0.341 e. The Morgan fingerprint density at radius 3 is 2.53 bits per heavy atom. The van der Waals surface area contributed by atoms with Crippen LogP contribution in [-0.4, -0.2) is 37.0 Å². The highest BCUT2D eigenvalue weighted by atomic mass is 32.1. The van der Waals surface area contributed by atoms with Crippen LogP contribution < -0.4 is 4.78 Å². The van der Waals surface area contributed by atoms with E-state index in [0.717, 1.165) is 10.3 Å². The summed E-state index contributed by atoms with van der Waals surface area (Å²) < 4.78 is 17.6. The Hall–Kier alpha value is -0.395. The highest BCUT2D eigenvalue weighted by molar-refractivity contribution is 7.19. The third kappa shape index (κ3) is 3.58. The quantitative estimate of drug-likeness (QED) is 0.834. The maximum atomic E-state index is 10.0. The molecule has 19 heavy (non-hydrogen) atoms. The summed E-state index contributed by atoms with van der Waals surface area (Å²) in [6, 6.07) is 1.99. The van der Waals surface area contributed by atoms with Crippen LogP contribution in [-0.2, 0) is 14.1 Å². The van der Waals surface area contributed by atoms with Gasteiger partial charge in [-0.1, -0.05) is 0 Å². The Morgan fingerprint density at radius 2 is 1.95 bits per heavy atom. The van der Waals surface area contributed by atoms with Crippen molar-refractivity contribution in [2.45, 2.75) is 45.2 Å². The molecule has 0 bridgehead atoms. The number of hydrogen-bond acceptors (Lipinski definition) is 5. The fraction of sp³-hybridized carbons (Fsp3) is 0.692. The maximum Gasteiger partial charge on any atom is 0.341 e. The minimum Gasteiger partial charge on any atom is -0.426 e. The highest BCUT2D eigenvalue weighted by Gasteiger charge is 2.35. The summed E-state index contributed by atoms with van der Waals surface area (Å²) in [5.74, 6) is 0. The van der Waals surface area contributed by atoms with Gasteiger partial charge in [0.2, 0.25) is 0 Å².